The molecule has 1 fully saturated rings. The van der Waals surface area contributed by atoms with Crippen LogP contribution >= 0.6 is 0 Å². The van der Waals surface area contributed by atoms with E-state index in [0.29, 0.717) is 30.4 Å². The fourth-order valence-corrected chi connectivity index (χ4v) is 2.87. The Bertz CT molecular complexity index is 740. The van der Waals surface area contributed by atoms with Crippen molar-refractivity contribution >= 4 is 22.8 Å². The van der Waals surface area contributed by atoms with Crippen molar-refractivity contribution in [1.82, 2.24) is 9.80 Å². The van der Waals surface area contributed by atoms with E-state index in [-0.39, 0.29) is 23.4 Å². The van der Waals surface area contributed by atoms with E-state index < -0.39 is 5.82 Å². The molecule has 22 heavy (non-hydrogen) atoms. The summed E-state index contributed by atoms with van der Waals surface area (Å²) in [6.45, 7) is 0.484. The molecule has 6 heteroatoms. The summed E-state index contributed by atoms with van der Waals surface area (Å²) in [5, 5.41) is 0.563. The molecule has 1 aromatic carbocycles. The highest BCUT2D eigenvalue weighted by Crippen LogP contribution is 2.24. The van der Waals surface area contributed by atoms with Gasteiger partial charge in [-0.15, -0.1) is 0 Å². The molecule has 0 N–H and O–H groups in total. The van der Waals surface area contributed by atoms with Gasteiger partial charge >= 0.3 is 0 Å². The molecule has 2 amide bonds. The van der Waals surface area contributed by atoms with E-state index >= 15 is 0 Å². The number of hydrogen-bond donors (Lipinski definition) is 0. The molecule has 2 aromatic rings. The predicted octanol–water partition coefficient (Wildman–Crippen LogP) is 2.26. The van der Waals surface area contributed by atoms with E-state index in [1.807, 2.05) is 0 Å². The van der Waals surface area contributed by atoms with Gasteiger partial charge in [-0.25, -0.2) is 4.39 Å². The topological polar surface area (TPSA) is 53.8 Å². The lowest BCUT2D eigenvalue weighted by atomic mass is 10.0. The highest BCUT2D eigenvalue weighted by Gasteiger charge is 2.30. The monoisotopic (exact) mass is 304 g/mol. The Morgan fingerprint density at radius 2 is 2.23 bits per heavy atom. The lowest BCUT2D eigenvalue weighted by Gasteiger charge is -2.35. The Balaban J connectivity index is 1.89. The van der Waals surface area contributed by atoms with Crippen molar-refractivity contribution in [1.29, 1.82) is 0 Å². The average Bonchev–Trinajstić information content (AvgIpc) is 2.95. The number of carbonyl (C=O) groups excluding carboxylic acids is 2. The van der Waals surface area contributed by atoms with Crippen LogP contribution in [0.3, 0.4) is 0 Å². The van der Waals surface area contributed by atoms with E-state index in [0.717, 1.165) is 0 Å². The highest BCUT2D eigenvalue weighted by atomic mass is 19.1. The molecule has 0 bridgehead atoms. The number of amides is 2. The molecule has 1 aromatic heterocycles. The fraction of sp³-hybridized carbons (Fsp3) is 0.375. The number of likely N-dealkylation sites (tertiary alicyclic amines) is 1. The second-order valence-electron chi connectivity index (χ2n) is 5.68. The van der Waals surface area contributed by atoms with Crippen molar-refractivity contribution in [2.75, 3.05) is 20.6 Å². The minimum absolute atomic E-state index is 0.0799. The van der Waals surface area contributed by atoms with Crippen molar-refractivity contribution in [3.8, 4) is 0 Å². The van der Waals surface area contributed by atoms with Crippen LogP contribution in [0.4, 0.5) is 4.39 Å². The molecule has 1 aliphatic heterocycles. The van der Waals surface area contributed by atoms with E-state index in [9.17, 15) is 14.0 Å². The maximum absolute atomic E-state index is 13.7. The van der Waals surface area contributed by atoms with Crippen molar-refractivity contribution in [2.24, 2.45) is 0 Å². The first-order chi connectivity index (χ1) is 10.5. The Hall–Kier alpha value is -2.37. The van der Waals surface area contributed by atoms with Crippen LogP contribution in [0.5, 0.6) is 0 Å². The van der Waals surface area contributed by atoms with Crippen LogP contribution in [0, 0.1) is 5.82 Å². The van der Waals surface area contributed by atoms with Crippen molar-refractivity contribution < 1.29 is 18.4 Å². The molecule has 1 unspecified atom stereocenters. The maximum atomic E-state index is 13.7. The number of furan rings is 1. The van der Waals surface area contributed by atoms with Crippen LogP contribution in [0.15, 0.2) is 28.9 Å². The summed E-state index contributed by atoms with van der Waals surface area (Å²) >= 11 is 0. The fourth-order valence-electron chi connectivity index (χ4n) is 2.87. The Labute approximate surface area is 127 Å². The second kappa shape index (κ2) is 5.44. The predicted molar refractivity (Wildman–Crippen MR) is 78.9 cm³/mol. The van der Waals surface area contributed by atoms with Gasteiger partial charge in [-0.2, -0.15) is 0 Å². The van der Waals surface area contributed by atoms with Crippen LogP contribution in [0.25, 0.3) is 11.0 Å². The summed E-state index contributed by atoms with van der Waals surface area (Å²) < 4.78 is 19.0. The summed E-state index contributed by atoms with van der Waals surface area (Å²) in [5.74, 6) is -0.690. The molecule has 3 rings (SSSR count). The maximum Gasteiger partial charge on any atom is 0.257 e. The summed E-state index contributed by atoms with van der Waals surface area (Å²) in [5.41, 5.74) is 0.598. The third-order valence-electron chi connectivity index (χ3n) is 4.22. The Morgan fingerprint density at radius 1 is 1.45 bits per heavy atom. The largest absolute Gasteiger partial charge is 0.464 e. The number of hydrogen-bond acceptors (Lipinski definition) is 3. The number of benzene rings is 1. The molecule has 0 radical (unpaired) electrons. The normalized spacial score (nSPS) is 18.8. The van der Waals surface area contributed by atoms with Crippen LogP contribution in [-0.2, 0) is 4.79 Å². The van der Waals surface area contributed by atoms with Gasteiger partial charge in [-0.1, -0.05) is 0 Å². The van der Waals surface area contributed by atoms with E-state index in [1.54, 1.807) is 30.0 Å². The SMILES string of the molecule is CN1CC(N(C)C(=O)c2cc(F)cc3ccoc23)CCC1=O. The van der Waals surface area contributed by atoms with E-state index in [1.165, 1.54) is 18.4 Å². The first kappa shape index (κ1) is 14.6. The number of fused-ring (bicyclic) bond motifs is 1. The molecule has 1 atom stereocenters. The quantitative estimate of drug-likeness (QED) is 0.855. The summed E-state index contributed by atoms with van der Waals surface area (Å²) in [7, 11) is 3.40. The zero-order valence-corrected chi connectivity index (χ0v) is 12.5. The molecular formula is C16H17FN2O3. The molecule has 1 saturated heterocycles. The zero-order chi connectivity index (χ0) is 15.9. The van der Waals surface area contributed by atoms with Crippen molar-refractivity contribution in [3.63, 3.8) is 0 Å². The lowest BCUT2D eigenvalue weighted by Crippen LogP contribution is -2.49. The summed E-state index contributed by atoms with van der Waals surface area (Å²) in [6.07, 6.45) is 2.47. The Morgan fingerprint density at radius 3 is 2.95 bits per heavy atom. The Kier molecular flexibility index (Phi) is 3.60. The second-order valence-corrected chi connectivity index (χ2v) is 5.68. The van der Waals surface area contributed by atoms with Crippen molar-refractivity contribution in [2.45, 2.75) is 18.9 Å². The van der Waals surface area contributed by atoms with Crippen molar-refractivity contribution in [3.05, 3.63) is 35.8 Å². The summed E-state index contributed by atoms with van der Waals surface area (Å²) in [6, 6.07) is 4.08. The molecule has 0 spiro atoms. The first-order valence-electron chi connectivity index (χ1n) is 7.15. The molecule has 0 saturated carbocycles. The van der Waals surface area contributed by atoms with Gasteiger partial charge in [0.15, 0.2) is 0 Å². The van der Waals surface area contributed by atoms with E-state index in [2.05, 4.69) is 0 Å². The highest BCUT2D eigenvalue weighted by molar-refractivity contribution is 6.05. The van der Waals surface area contributed by atoms with Gasteiger partial charge < -0.3 is 14.2 Å². The number of piperidine rings is 1. The van der Waals surface area contributed by atoms with Gasteiger partial charge in [0.2, 0.25) is 5.91 Å². The van der Waals surface area contributed by atoms with Crippen LogP contribution in [-0.4, -0.2) is 48.3 Å². The minimum Gasteiger partial charge on any atom is -0.464 e. The van der Waals surface area contributed by atoms with Crippen LogP contribution < -0.4 is 0 Å². The number of rotatable bonds is 2. The lowest BCUT2D eigenvalue weighted by molar-refractivity contribution is -0.133. The third-order valence-corrected chi connectivity index (χ3v) is 4.22. The number of carbonyl (C=O) groups is 2. The van der Waals surface area contributed by atoms with E-state index in [4.69, 9.17) is 4.42 Å². The standard InChI is InChI=1S/C16H17FN2O3/c1-18-9-12(3-4-14(18)20)19(2)16(21)13-8-11(17)7-10-5-6-22-15(10)13/h5-8,12H,3-4,9H2,1-2H3. The molecule has 5 nitrogen and oxygen atoms in total. The summed E-state index contributed by atoms with van der Waals surface area (Å²) in [4.78, 5) is 27.4. The zero-order valence-electron chi connectivity index (χ0n) is 12.5. The van der Waals surface area contributed by atoms with Crippen LogP contribution in [0.2, 0.25) is 0 Å². The van der Waals surface area contributed by atoms with Gasteiger partial charge in [0.25, 0.3) is 5.91 Å². The smallest absolute Gasteiger partial charge is 0.257 e. The average molecular weight is 304 g/mol. The third kappa shape index (κ3) is 2.45. The first-order valence-corrected chi connectivity index (χ1v) is 7.15. The molecule has 2 heterocycles. The van der Waals surface area contributed by atoms with Gasteiger partial charge in [-0.3, -0.25) is 9.59 Å². The van der Waals surface area contributed by atoms with Gasteiger partial charge in [0, 0.05) is 38.5 Å². The number of likely N-dealkylation sites (N-methyl/N-ethyl adjacent to an activating group) is 2. The number of halogens is 1. The van der Waals surface area contributed by atoms with Gasteiger partial charge in [0.05, 0.1) is 11.8 Å². The minimum atomic E-state index is -0.471. The van der Waals surface area contributed by atoms with Gasteiger partial charge in [-0.05, 0) is 24.6 Å². The number of nitrogens with zero attached hydrogens (tertiary/aromatic N) is 2. The molecule has 0 aliphatic carbocycles. The van der Waals surface area contributed by atoms with Gasteiger partial charge in [0.1, 0.15) is 11.4 Å². The van der Waals surface area contributed by atoms with Crippen LogP contribution in [0.1, 0.15) is 23.2 Å². The molecule has 116 valence electrons. The molecule has 1 aliphatic rings. The molecular weight excluding hydrogens is 287 g/mol.